The van der Waals surface area contributed by atoms with Gasteiger partial charge in [0, 0.05) is 25.2 Å². The van der Waals surface area contributed by atoms with Gasteiger partial charge in [-0.15, -0.1) is 0 Å². The summed E-state index contributed by atoms with van der Waals surface area (Å²) in [7, 11) is 0. The molecule has 1 heterocycles. The first-order valence-electron chi connectivity index (χ1n) is 13.4. The van der Waals surface area contributed by atoms with Crippen molar-refractivity contribution in [2.24, 2.45) is 16.6 Å². The van der Waals surface area contributed by atoms with Crippen molar-refractivity contribution >= 4 is 29.7 Å². The van der Waals surface area contributed by atoms with Gasteiger partial charge in [0.2, 0.25) is 11.8 Å². The fraction of sp³-hybridized carbons (Fsp3) is 0.433. The molecule has 1 saturated heterocycles. The minimum absolute atomic E-state index is 0.0291. The van der Waals surface area contributed by atoms with E-state index in [1.54, 1.807) is 49.9 Å². The molecule has 0 aliphatic carbocycles. The van der Waals surface area contributed by atoms with E-state index in [0.29, 0.717) is 25.1 Å². The Bertz CT molecular complexity index is 1200. The number of nitrogens with one attached hydrogen (secondary N) is 1. The fourth-order valence-corrected chi connectivity index (χ4v) is 4.19. The number of carbonyl (C=O) groups excluding carboxylic acids is 4. The van der Waals surface area contributed by atoms with Crippen LogP contribution in [0.4, 0.5) is 4.79 Å². The van der Waals surface area contributed by atoms with Gasteiger partial charge in [-0.25, -0.2) is 4.79 Å². The van der Waals surface area contributed by atoms with E-state index in [1.165, 1.54) is 0 Å². The third-order valence-corrected chi connectivity index (χ3v) is 6.23. The minimum atomic E-state index is -0.768. The van der Waals surface area contributed by atoms with Gasteiger partial charge in [-0.1, -0.05) is 54.6 Å². The Labute approximate surface area is 234 Å². The lowest BCUT2D eigenvalue weighted by Gasteiger charge is -2.32. The Morgan fingerprint density at radius 3 is 2.40 bits per heavy atom. The van der Waals surface area contributed by atoms with Crippen LogP contribution in [0.15, 0.2) is 59.6 Å². The molecule has 1 aliphatic rings. The first-order chi connectivity index (χ1) is 19.0. The van der Waals surface area contributed by atoms with Crippen molar-refractivity contribution in [2.45, 2.75) is 58.7 Å². The van der Waals surface area contributed by atoms with Gasteiger partial charge < -0.3 is 25.4 Å². The quantitative estimate of drug-likeness (QED) is 0.277. The third kappa shape index (κ3) is 10.2. The fourth-order valence-electron chi connectivity index (χ4n) is 4.19. The maximum atomic E-state index is 12.9. The number of likely N-dealkylation sites (tertiary alicyclic amines) is 1. The SMILES string of the molecule is CC(C)(C)OC(=O)/N=C(\N)c1ccc(CC(=O)N2CCCC(C(=O)NCCC(=O)OCc3ccccc3)C2)cc1. The number of piperidine rings is 1. The summed E-state index contributed by atoms with van der Waals surface area (Å²) in [6.07, 6.45) is 0.886. The summed E-state index contributed by atoms with van der Waals surface area (Å²) in [5, 5.41) is 2.80. The van der Waals surface area contributed by atoms with Gasteiger partial charge in [-0.05, 0) is 44.7 Å². The number of hydrogen-bond acceptors (Lipinski definition) is 6. The first-order valence-corrected chi connectivity index (χ1v) is 13.4. The molecule has 0 spiro atoms. The number of nitrogens with two attached hydrogens (primary N) is 1. The van der Waals surface area contributed by atoms with Crippen molar-refractivity contribution < 1.29 is 28.7 Å². The van der Waals surface area contributed by atoms with Crippen LogP contribution in [0.3, 0.4) is 0 Å². The lowest BCUT2D eigenvalue weighted by molar-refractivity contribution is -0.144. The Morgan fingerprint density at radius 1 is 1.02 bits per heavy atom. The van der Waals surface area contributed by atoms with Crippen molar-refractivity contribution in [2.75, 3.05) is 19.6 Å². The summed E-state index contributed by atoms with van der Waals surface area (Å²) in [5.74, 6) is -0.929. The average Bonchev–Trinajstić information content (AvgIpc) is 2.91. The van der Waals surface area contributed by atoms with Crippen LogP contribution in [0.25, 0.3) is 0 Å². The Morgan fingerprint density at radius 2 is 1.73 bits per heavy atom. The number of esters is 1. The highest BCUT2D eigenvalue weighted by Gasteiger charge is 2.28. The molecule has 10 nitrogen and oxygen atoms in total. The zero-order valence-electron chi connectivity index (χ0n) is 23.4. The number of hydrogen-bond donors (Lipinski definition) is 2. The molecule has 1 unspecified atom stereocenters. The Balaban J connectivity index is 1.42. The Kier molecular flexibility index (Phi) is 10.8. The number of amides is 3. The van der Waals surface area contributed by atoms with Crippen molar-refractivity contribution in [3.63, 3.8) is 0 Å². The molecule has 3 N–H and O–H groups in total. The van der Waals surface area contributed by atoms with E-state index < -0.39 is 11.7 Å². The van der Waals surface area contributed by atoms with Crippen molar-refractivity contribution in [1.29, 1.82) is 0 Å². The second-order valence-electron chi connectivity index (χ2n) is 10.7. The molecular weight excluding hydrogens is 512 g/mol. The minimum Gasteiger partial charge on any atom is -0.461 e. The molecule has 0 saturated carbocycles. The normalized spacial score (nSPS) is 15.7. The molecule has 2 aromatic rings. The highest BCUT2D eigenvalue weighted by atomic mass is 16.6. The molecule has 1 atom stereocenters. The average molecular weight is 551 g/mol. The molecule has 214 valence electrons. The van der Waals surface area contributed by atoms with Crippen molar-refractivity contribution in [3.05, 3.63) is 71.3 Å². The summed E-state index contributed by atoms with van der Waals surface area (Å²) >= 11 is 0. The number of benzene rings is 2. The largest absolute Gasteiger partial charge is 0.461 e. The first kappa shape index (κ1) is 30.3. The van der Waals surface area contributed by atoms with Crippen LogP contribution in [0.5, 0.6) is 0 Å². The molecule has 10 heteroatoms. The van der Waals surface area contributed by atoms with E-state index in [-0.39, 0.29) is 55.5 Å². The zero-order valence-corrected chi connectivity index (χ0v) is 23.4. The summed E-state index contributed by atoms with van der Waals surface area (Å²) in [6.45, 7) is 6.52. The number of amidine groups is 1. The van der Waals surface area contributed by atoms with Crippen LogP contribution in [-0.4, -0.2) is 59.8 Å². The van der Waals surface area contributed by atoms with Gasteiger partial charge in [0.05, 0.1) is 18.8 Å². The summed E-state index contributed by atoms with van der Waals surface area (Å²) in [4.78, 5) is 55.0. The van der Waals surface area contributed by atoms with E-state index in [4.69, 9.17) is 15.2 Å². The molecule has 0 radical (unpaired) electrons. The van der Waals surface area contributed by atoms with Gasteiger partial charge in [-0.2, -0.15) is 4.99 Å². The number of nitrogens with zero attached hydrogens (tertiary/aromatic N) is 2. The van der Waals surface area contributed by atoms with E-state index in [9.17, 15) is 19.2 Å². The monoisotopic (exact) mass is 550 g/mol. The van der Waals surface area contributed by atoms with Gasteiger partial charge in [-0.3, -0.25) is 14.4 Å². The molecule has 0 aromatic heterocycles. The van der Waals surface area contributed by atoms with E-state index in [0.717, 1.165) is 17.5 Å². The zero-order chi connectivity index (χ0) is 29.1. The summed E-state index contributed by atoms with van der Waals surface area (Å²) in [6, 6.07) is 16.3. The van der Waals surface area contributed by atoms with Gasteiger partial charge in [0.25, 0.3) is 0 Å². The van der Waals surface area contributed by atoms with Crippen LogP contribution < -0.4 is 11.1 Å². The number of carbonyl (C=O) groups is 4. The summed E-state index contributed by atoms with van der Waals surface area (Å²) < 4.78 is 10.4. The lowest BCUT2D eigenvalue weighted by Crippen LogP contribution is -2.46. The number of rotatable bonds is 9. The molecule has 2 aromatic carbocycles. The van der Waals surface area contributed by atoms with Crippen LogP contribution in [0.1, 0.15) is 56.7 Å². The third-order valence-electron chi connectivity index (χ3n) is 6.23. The van der Waals surface area contributed by atoms with Gasteiger partial charge in [0.15, 0.2) is 0 Å². The Hall–Kier alpha value is -4.21. The van der Waals surface area contributed by atoms with Gasteiger partial charge >= 0.3 is 12.1 Å². The molecule has 3 rings (SSSR count). The van der Waals surface area contributed by atoms with Crippen LogP contribution in [-0.2, 0) is 36.9 Å². The molecule has 1 fully saturated rings. The van der Waals surface area contributed by atoms with E-state index >= 15 is 0 Å². The topological polar surface area (TPSA) is 140 Å². The van der Waals surface area contributed by atoms with Gasteiger partial charge in [0.1, 0.15) is 18.0 Å². The standard InChI is InChI=1S/C30H38N4O6/c1-30(2,3)40-29(38)33-27(31)23-13-11-21(12-14-23)18-25(35)34-17-7-10-24(19-34)28(37)32-16-15-26(36)39-20-22-8-5-4-6-9-22/h4-6,8-9,11-14,24H,7,10,15-20H2,1-3H3,(H,32,37)(H2,31,33,38). The maximum Gasteiger partial charge on any atom is 0.436 e. The molecule has 1 aliphatic heterocycles. The highest BCUT2D eigenvalue weighted by Crippen LogP contribution is 2.18. The highest BCUT2D eigenvalue weighted by molar-refractivity contribution is 6.02. The van der Waals surface area contributed by atoms with E-state index in [1.807, 2.05) is 30.3 Å². The smallest absolute Gasteiger partial charge is 0.436 e. The molecule has 40 heavy (non-hydrogen) atoms. The van der Waals surface area contributed by atoms with Crippen LogP contribution >= 0.6 is 0 Å². The number of ether oxygens (including phenoxy) is 2. The van der Waals surface area contributed by atoms with Crippen LogP contribution in [0.2, 0.25) is 0 Å². The molecular formula is C30H38N4O6. The second kappa shape index (κ2) is 14.3. The lowest BCUT2D eigenvalue weighted by atomic mass is 9.96. The van der Waals surface area contributed by atoms with E-state index in [2.05, 4.69) is 10.3 Å². The summed E-state index contributed by atoms with van der Waals surface area (Å²) in [5.41, 5.74) is 7.48. The second-order valence-corrected chi connectivity index (χ2v) is 10.7. The van der Waals surface area contributed by atoms with Crippen molar-refractivity contribution in [3.8, 4) is 0 Å². The number of aliphatic imine (C=N–C) groups is 1. The predicted octanol–water partition coefficient (Wildman–Crippen LogP) is 3.36. The predicted molar refractivity (Wildman–Crippen MR) is 150 cm³/mol. The molecule has 3 amide bonds. The van der Waals surface area contributed by atoms with Crippen LogP contribution in [0, 0.1) is 5.92 Å². The maximum absolute atomic E-state index is 12.9. The van der Waals surface area contributed by atoms with Crippen molar-refractivity contribution in [1.82, 2.24) is 10.2 Å². The molecule has 0 bridgehead atoms.